The molecule has 1 aromatic carbocycles. The third-order valence-electron chi connectivity index (χ3n) is 2.82. The molecule has 98 valence electrons. The van der Waals surface area contributed by atoms with Gasteiger partial charge < -0.3 is 10.1 Å². The van der Waals surface area contributed by atoms with Gasteiger partial charge in [0.25, 0.3) is 0 Å². The van der Waals surface area contributed by atoms with Crippen molar-refractivity contribution < 1.29 is 9.59 Å². The van der Waals surface area contributed by atoms with Gasteiger partial charge in [0.15, 0.2) is 0 Å². The van der Waals surface area contributed by atoms with E-state index < -0.39 is 6.04 Å². The second-order valence-corrected chi connectivity index (χ2v) is 4.46. The average Bonchev–Trinajstić information content (AvgIpc) is 2.39. The summed E-state index contributed by atoms with van der Waals surface area (Å²) in [6.45, 7) is 2.10. The minimum Gasteiger partial charge on any atom is -0.346 e. The van der Waals surface area contributed by atoms with Crippen LogP contribution in [0.2, 0.25) is 0 Å². The van der Waals surface area contributed by atoms with Gasteiger partial charge in [0, 0.05) is 6.42 Å². The zero-order valence-corrected chi connectivity index (χ0v) is 10.9. The Morgan fingerprint density at radius 3 is 2.61 bits per heavy atom. The molecule has 1 amide bonds. The maximum Gasteiger partial charge on any atom is 0.220 e. The number of aldehydes is 1. The molecule has 0 radical (unpaired) electrons. The maximum absolute atomic E-state index is 11.6. The van der Waals surface area contributed by atoms with E-state index in [2.05, 4.69) is 12.2 Å². The highest BCUT2D eigenvalue weighted by molar-refractivity contribution is 5.79. The first-order valence-corrected chi connectivity index (χ1v) is 6.54. The van der Waals surface area contributed by atoms with E-state index >= 15 is 0 Å². The van der Waals surface area contributed by atoms with Crippen LogP contribution in [-0.4, -0.2) is 18.2 Å². The van der Waals surface area contributed by atoms with E-state index in [1.807, 2.05) is 30.3 Å². The van der Waals surface area contributed by atoms with Gasteiger partial charge in [-0.05, 0) is 18.4 Å². The van der Waals surface area contributed by atoms with Crippen molar-refractivity contribution in [3.63, 3.8) is 0 Å². The van der Waals surface area contributed by atoms with Crippen molar-refractivity contribution in [3.8, 4) is 0 Å². The number of hydrogen-bond donors (Lipinski definition) is 1. The molecule has 3 nitrogen and oxygen atoms in total. The highest BCUT2D eigenvalue weighted by atomic mass is 16.2. The van der Waals surface area contributed by atoms with Crippen LogP contribution in [0.4, 0.5) is 0 Å². The lowest BCUT2D eigenvalue weighted by molar-refractivity contribution is -0.124. The van der Waals surface area contributed by atoms with E-state index in [9.17, 15) is 9.59 Å². The van der Waals surface area contributed by atoms with Crippen LogP contribution in [0.15, 0.2) is 30.3 Å². The summed E-state index contributed by atoms with van der Waals surface area (Å²) in [5.41, 5.74) is 1.06. The molecular formula is C15H21NO2. The molecule has 0 aliphatic carbocycles. The van der Waals surface area contributed by atoms with Gasteiger partial charge in [-0.1, -0.05) is 50.1 Å². The smallest absolute Gasteiger partial charge is 0.220 e. The Morgan fingerprint density at radius 2 is 2.00 bits per heavy atom. The molecule has 0 bridgehead atoms. The third kappa shape index (κ3) is 5.62. The van der Waals surface area contributed by atoms with E-state index in [4.69, 9.17) is 0 Å². The highest BCUT2D eigenvalue weighted by Crippen LogP contribution is 2.03. The summed E-state index contributed by atoms with van der Waals surface area (Å²) in [6, 6.07) is 9.30. The lowest BCUT2D eigenvalue weighted by atomic mass is 10.1. The molecule has 0 unspecified atom stereocenters. The molecule has 1 N–H and O–H groups in total. The molecule has 1 atom stereocenters. The van der Waals surface area contributed by atoms with Crippen molar-refractivity contribution >= 4 is 12.2 Å². The van der Waals surface area contributed by atoms with Gasteiger partial charge in [-0.2, -0.15) is 0 Å². The summed E-state index contributed by atoms with van der Waals surface area (Å²) in [4.78, 5) is 22.6. The minimum absolute atomic E-state index is 0.0310. The van der Waals surface area contributed by atoms with Crippen molar-refractivity contribution in [2.24, 2.45) is 0 Å². The van der Waals surface area contributed by atoms with Crippen molar-refractivity contribution in [2.75, 3.05) is 0 Å². The number of amides is 1. The molecule has 18 heavy (non-hydrogen) atoms. The van der Waals surface area contributed by atoms with Crippen LogP contribution in [-0.2, 0) is 16.0 Å². The predicted molar refractivity (Wildman–Crippen MR) is 72.3 cm³/mol. The fourth-order valence-electron chi connectivity index (χ4n) is 1.82. The van der Waals surface area contributed by atoms with E-state index in [0.717, 1.165) is 31.1 Å². The number of unbranched alkanes of at least 4 members (excludes halogenated alkanes) is 2. The summed E-state index contributed by atoms with van der Waals surface area (Å²) in [5.74, 6) is -0.0310. The lowest BCUT2D eigenvalue weighted by Crippen LogP contribution is -2.37. The molecule has 1 rings (SSSR count). The van der Waals surface area contributed by atoms with E-state index in [-0.39, 0.29) is 5.91 Å². The van der Waals surface area contributed by atoms with Gasteiger partial charge in [0.2, 0.25) is 5.91 Å². The van der Waals surface area contributed by atoms with Gasteiger partial charge >= 0.3 is 0 Å². The first-order chi connectivity index (χ1) is 8.76. The number of benzene rings is 1. The van der Waals surface area contributed by atoms with Crippen LogP contribution in [0, 0.1) is 0 Å². The quantitative estimate of drug-likeness (QED) is 0.566. The Morgan fingerprint density at radius 1 is 1.28 bits per heavy atom. The monoisotopic (exact) mass is 247 g/mol. The van der Waals surface area contributed by atoms with E-state index in [1.165, 1.54) is 0 Å². The minimum atomic E-state index is -0.415. The van der Waals surface area contributed by atoms with E-state index in [0.29, 0.717) is 12.8 Å². The van der Waals surface area contributed by atoms with Crippen LogP contribution >= 0.6 is 0 Å². The van der Waals surface area contributed by atoms with Crippen molar-refractivity contribution in [1.82, 2.24) is 5.32 Å². The summed E-state index contributed by atoms with van der Waals surface area (Å²) in [5, 5.41) is 2.77. The second-order valence-electron chi connectivity index (χ2n) is 4.46. The molecule has 0 aromatic heterocycles. The molecule has 3 heteroatoms. The largest absolute Gasteiger partial charge is 0.346 e. The zero-order valence-electron chi connectivity index (χ0n) is 10.9. The molecule has 0 aliphatic heterocycles. The lowest BCUT2D eigenvalue weighted by Gasteiger charge is -2.12. The molecule has 0 heterocycles. The van der Waals surface area contributed by atoms with Crippen LogP contribution < -0.4 is 5.32 Å². The van der Waals surface area contributed by atoms with Crippen LogP contribution in [0.1, 0.15) is 38.2 Å². The summed E-state index contributed by atoms with van der Waals surface area (Å²) >= 11 is 0. The van der Waals surface area contributed by atoms with Gasteiger partial charge in [0.05, 0.1) is 6.04 Å². The van der Waals surface area contributed by atoms with Crippen LogP contribution in [0.5, 0.6) is 0 Å². The normalized spacial score (nSPS) is 11.8. The fourth-order valence-corrected chi connectivity index (χ4v) is 1.82. The van der Waals surface area contributed by atoms with Crippen molar-refractivity contribution in [3.05, 3.63) is 35.9 Å². The Kier molecular flexibility index (Phi) is 6.77. The Bertz CT molecular complexity index is 362. The number of hydrogen-bond acceptors (Lipinski definition) is 2. The van der Waals surface area contributed by atoms with Gasteiger partial charge in [-0.25, -0.2) is 0 Å². The molecular weight excluding hydrogens is 226 g/mol. The van der Waals surface area contributed by atoms with Crippen LogP contribution in [0.25, 0.3) is 0 Å². The molecule has 0 saturated heterocycles. The topological polar surface area (TPSA) is 46.2 Å². The Hall–Kier alpha value is -1.64. The summed E-state index contributed by atoms with van der Waals surface area (Å²) in [7, 11) is 0. The van der Waals surface area contributed by atoms with E-state index in [1.54, 1.807) is 0 Å². The molecule has 0 saturated carbocycles. The van der Waals surface area contributed by atoms with Crippen LogP contribution in [0.3, 0.4) is 0 Å². The average molecular weight is 247 g/mol. The maximum atomic E-state index is 11.6. The first-order valence-electron chi connectivity index (χ1n) is 6.54. The van der Waals surface area contributed by atoms with Gasteiger partial charge in [-0.15, -0.1) is 0 Å². The number of carbonyl (C=O) groups excluding carboxylic acids is 2. The molecule has 0 fully saturated rings. The first kappa shape index (κ1) is 14.4. The number of carbonyl (C=O) groups is 2. The fraction of sp³-hybridized carbons (Fsp3) is 0.467. The van der Waals surface area contributed by atoms with Gasteiger partial charge in [-0.3, -0.25) is 4.79 Å². The SMILES string of the molecule is CCCCCC(=O)N[C@H](C=O)Cc1ccccc1. The van der Waals surface area contributed by atoms with Crippen molar-refractivity contribution in [2.45, 2.75) is 45.1 Å². The predicted octanol–water partition coefficient (Wildman–Crippen LogP) is 2.49. The standard InChI is InChI=1S/C15H21NO2/c1-2-3-5-10-15(18)16-14(12-17)11-13-8-6-4-7-9-13/h4,6-9,12,14H,2-3,5,10-11H2,1H3,(H,16,18)/t14-/m0/s1. The number of rotatable bonds is 8. The molecule has 0 aliphatic rings. The summed E-state index contributed by atoms with van der Waals surface area (Å²) in [6.07, 6.45) is 4.91. The number of nitrogens with one attached hydrogen (secondary N) is 1. The molecule has 0 spiro atoms. The second kappa shape index (κ2) is 8.45. The third-order valence-corrected chi connectivity index (χ3v) is 2.82. The van der Waals surface area contributed by atoms with Crippen molar-refractivity contribution in [1.29, 1.82) is 0 Å². The highest BCUT2D eigenvalue weighted by Gasteiger charge is 2.11. The zero-order chi connectivity index (χ0) is 13.2. The summed E-state index contributed by atoms with van der Waals surface area (Å²) < 4.78 is 0. The Labute approximate surface area is 109 Å². The van der Waals surface area contributed by atoms with Gasteiger partial charge in [0.1, 0.15) is 6.29 Å². The molecule has 1 aromatic rings. The Balaban J connectivity index is 2.37.